The summed E-state index contributed by atoms with van der Waals surface area (Å²) in [5.74, 6) is -1.42. The predicted molar refractivity (Wildman–Crippen MR) is 143 cm³/mol. The van der Waals surface area contributed by atoms with E-state index in [1.165, 1.54) is 11.8 Å². The third-order valence-corrected chi connectivity index (χ3v) is 7.05. The Balaban J connectivity index is 1.83. The molecule has 0 aromatic rings. The van der Waals surface area contributed by atoms with E-state index in [9.17, 15) is 19.2 Å². The third kappa shape index (κ3) is 8.29. The number of hydrogen-bond donors (Lipinski definition) is 4. The first-order valence-electron chi connectivity index (χ1n) is 13.0. The van der Waals surface area contributed by atoms with Crippen molar-refractivity contribution < 1.29 is 38.2 Å². The van der Waals surface area contributed by atoms with Crippen molar-refractivity contribution in [1.82, 2.24) is 16.0 Å². The molecule has 3 atom stereocenters. The molecule has 0 saturated carbocycles. The highest BCUT2D eigenvalue weighted by Crippen LogP contribution is 2.28. The number of oxime groups is 1. The zero-order chi connectivity index (χ0) is 28.6. The molecular formula is C24H38N6O8S. The molecule has 39 heavy (non-hydrogen) atoms. The van der Waals surface area contributed by atoms with Gasteiger partial charge < -0.3 is 35.4 Å². The van der Waals surface area contributed by atoms with Gasteiger partial charge in [0.1, 0.15) is 17.7 Å². The van der Waals surface area contributed by atoms with Gasteiger partial charge in [-0.2, -0.15) is 0 Å². The number of thioether (sulfide) groups is 1. The minimum atomic E-state index is -1.43. The smallest absolute Gasteiger partial charge is 0.413 e. The van der Waals surface area contributed by atoms with E-state index in [1.807, 2.05) is 6.92 Å². The number of amidine groups is 1. The molecule has 3 rings (SSSR count). The highest BCUT2D eigenvalue weighted by Gasteiger charge is 2.46. The number of esters is 1. The van der Waals surface area contributed by atoms with Crippen molar-refractivity contribution in [2.75, 3.05) is 32.1 Å². The summed E-state index contributed by atoms with van der Waals surface area (Å²) in [5, 5.41) is 12.2. The summed E-state index contributed by atoms with van der Waals surface area (Å²) in [6.45, 7) is 8.05. The Hall–Kier alpha value is -2.91. The van der Waals surface area contributed by atoms with Gasteiger partial charge in [-0.3, -0.25) is 19.9 Å². The number of β-lactam (4-membered cyclic amide) rings is 1. The van der Waals surface area contributed by atoms with E-state index in [4.69, 9.17) is 24.8 Å². The lowest BCUT2D eigenvalue weighted by Gasteiger charge is -2.36. The van der Waals surface area contributed by atoms with Crippen LogP contribution in [0.4, 0.5) is 4.79 Å². The Bertz CT molecular complexity index is 992. The molecule has 218 valence electrons. The maximum atomic E-state index is 13.3. The summed E-state index contributed by atoms with van der Waals surface area (Å²) in [5.41, 5.74) is 3.36. The molecular weight excluding hydrogens is 532 g/mol. The molecule has 1 unspecified atom stereocenters. The fraction of sp³-hybridized carbons (Fsp3) is 0.750. The number of unbranched alkanes of at least 4 members (excludes halogenated alkanes) is 1. The number of ether oxygens (including phenoxy) is 3. The molecule has 0 aliphatic carbocycles. The number of nitrogens with one attached hydrogen (secondary N) is 3. The minimum Gasteiger partial charge on any atom is -0.463 e. The molecule has 14 nitrogen and oxygen atoms in total. The topological polar surface area (TPSA) is 192 Å². The summed E-state index contributed by atoms with van der Waals surface area (Å²) in [7, 11) is 0. The minimum absolute atomic E-state index is 0.133. The van der Waals surface area contributed by atoms with Crippen LogP contribution in [0.2, 0.25) is 0 Å². The van der Waals surface area contributed by atoms with Crippen LogP contribution in [0.3, 0.4) is 0 Å². The van der Waals surface area contributed by atoms with Gasteiger partial charge in [-0.05, 0) is 27.2 Å². The molecule has 3 aliphatic rings. The molecule has 0 radical (unpaired) electrons. The van der Waals surface area contributed by atoms with Crippen molar-refractivity contribution in [3.63, 3.8) is 0 Å². The highest BCUT2D eigenvalue weighted by molar-refractivity contribution is 8.14. The van der Waals surface area contributed by atoms with Crippen LogP contribution in [0.25, 0.3) is 0 Å². The van der Waals surface area contributed by atoms with Gasteiger partial charge in [0.2, 0.25) is 11.5 Å². The first-order chi connectivity index (χ1) is 18.5. The SMILES string of the molecule is CCCCOC(=O)C1(O/N=C(\C(=O)N[C@@H]2C(=O)N[C@@H]2CN)C2CSC(NC(=O)OC(C)(C)C)=N2)CCOCC1. The van der Waals surface area contributed by atoms with Crippen LogP contribution in [-0.4, -0.2) is 96.2 Å². The molecule has 3 amide bonds. The van der Waals surface area contributed by atoms with Crippen molar-refractivity contribution >= 4 is 46.5 Å². The average molecular weight is 571 g/mol. The Morgan fingerprint density at radius 2 is 2.00 bits per heavy atom. The molecule has 2 fully saturated rings. The molecule has 5 N–H and O–H groups in total. The number of hydrogen-bond acceptors (Lipinski definition) is 12. The van der Waals surface area contributed by atoms with E-state index in [1.54, 1.807) is 20.8 Å². The summed E-state index contributed by atoms with van der Waals surface area (Å²) < 4.78 is 16.1. The standard InChI is InChI=1S/C24H38N6O8S/c1-5-6-9-36-20(33)24(7-10-35-11-8-24)38-30-17(19(32)28-16-14(12-25)26-18(16)31)15-13-39-21(27-15)29-22(34)37-23(2,3)4/h14-16H,5-13,25H2,1-4H3,(H,26,31)(H,28,32)(H,27,29,34)/b30-17-/t14-,15?,16+/m1/s1. The zero-order valence-corrected chi connectivity index (χ0v) is 23.6. The number of alkyl carbamates (subject to hydrolysis) is 1. The largest absolute Gasteiger partial charge is 0.463 e. The molecule has 0 bridgehead atoms. The lowest BCUT2D eigenvalue weighted by Crippen LogP contribution is -2.72. The Kier molecular flexibility index (Phi) is 10.6. The first-order valence-corrected chi connectivity index (χ1v) is 14.0. The van der Waals surface area contributed by atoms with E-state index in [0.717, 1.165) is 6.42 Å². The fourth-order valence-electron chi connectivity index (χ4n) is 3.86. The monoisotopic (exact) mass is 570 g/mol. The van der Waals surface area contributed by atoms with Crippen molar-refractivity contribution in [3.8, 4) is 0 Å². The summed E-state index contributed by atoms with van der Waals surface area (Å²) in [4.78, 5) is 60.8. The number of nitrogens with zero attached hydrogens (tertiary/aromatic N) is 2. The van der Waals surface area contributed by atoms with Crippen molar-refractivity contribution in [2.24, 2.45) is 15.9 Å². The molecule has 3 heterocycles. The molecule has 15 heteroatoms. The van der Waals surface area contributed by atoms with Gasteiger partial charge in [0.15, 0.2) is 10.9 Å². The summed E-state index contributed by atoms with van der Waals surface area (Å²) >= 11 is 1.19. The van der Waals surface area contributed by atoms with Crippen LogP contribution in [0.15, 0.2) is 10.1 Å². The van der Waals surface area contributed by atoms with Crippen molar-refractivity contribution in [3.05, 3.63) is 0 Å². The third-order valence-electron chi connectivity index (χ3n) is 6.08. The normalized spacial score (nSPS) is 24.5. The Morgan fingerprint density at radius 1 is 1.28 bits per heavy atom. The van der Waals surface area contributed by atoms with Crippen LogP contribution in [-0.2, 0) is 33.4 Å². The molecule has 0 aromatic carbocycles. The number of amides is 3. The molecule has 2 saturated heterocycles. The second-order valence-electron chi connectivity index (χ2n) is 10.4. The van der Waals surface area contributed by atoms with Gasteiger partial charge in [-0.25, -0.2) is 9.59 Å². The quantitative estimate of drug-likeness (QED) is 0.0926. The average Bonchev–Trinajstić information content (AvgIpc) is 3.33. The Morgan fingerprint density at radius 3 is 2.62 bits per heavy atom. The Labute approximate surface area is 231 Å². The van der Waals surface area contributed by atoms with Crippen molar-refractivity contribution in [2.45, 2.75) is 82.7 Å². The second-order valence-corrected chi connectivity index (χ2v) is 11.4. The highest BCUT2D eigenvalue weighted by atomic mass is 32.2. The number of carbonyl (C=O) groups is 4. The lowest BCUT2D eigenvalue weighted by molar-refractivity contribution is -0.185. The van der Waals surface area contributed by atoms with Gasteiger partial charge in [0.25, 0.3) is 5.91 Å². The van der Waals surface area contributed by atoms with Gasteiger partial charge in [-0.15, -0.1) is 0 Å². The van der Waals surface area contributed by atoms with Crippen LogP contribution in [0.5, 0.6) is 0 Å². The predicted octanol–water partition coefficient (Wildman–Crippen LogP) is 0.190. The molecule has 0 aromatic heterocycles. The van der Waals surface area contributed by atoms with Crippen LogP contribution in [0, 0.1) is 0 Å². The lowest BCUT2D eigenvalue weighted by atomic mass is 9.94. The number of nitrogens with two attached hydrogens (primary N) is 1. The second kappa shape index (κ2) is 13.4. The van der Waals surface area contributed by atoms with Gasteiger partial charge in [0, 0.05) is 25.1 Å². The fourth-order valence-corrected chi connectivity index (χ4v) is 4.76. The maximum absolute atomic E-state index is 13.3. The van der Waals surface area contributed by atoms with Crippen molar-refractivity contribution in [1.29, 1.82) is 0 Å². The van der Waals surface area contributed by atoms with Crippen LogP contribution in [0.1, 0.15) is 53.4 Å². The molecule has 3 aliphatic heterocycles. The van der Waals surface area contributed by atoms with Gasteiger partial charge in [0.05, 0.1) is 25.9 Å². The van der Waals surface area contributed by atoms with E-state index >= 15 is 0 Å². The van der Waals surface area contributed by atoms with Crippen LogP contribution >= 0.6 is 11.8 Å². The number of aliphatic imine (C=N–C) groups is 1. The maximum Gasteiger partial charge on any atom is 0.413 e. The number of carbonyl (C=O) groups excluding carboxylic acids is 4. The van der Waals surface area contributed by atoms with E-state index < -0.39 is 47.3 Å². The summed E-state index contributed by atoms with van der Waals surface area (Å²) in [6, 6.07) is -2.11. The van der Waals surface area contributed by atoms with E-state index in [0.29, 0.717) is 6.42 Å². The van der Waals surface area contributed by atoms with Gasteiger partial charge >= 0.3 is 12.1 Å². The van der Waals surface area contributed by atoms with E-state index in [2.05, 4.69) is 26.1 Å². The molecule has 0 spiro atoms. The summed E-state index contributed by atoms with van der Waals surface area (Å²) in [6.07, 6.45) is 1.22. The first kappa shape index (κ1) is 30.6. The zero-order valence-electron chi connectivity index (χ0n) is 22.7. The number of rotatable bonds is 10. The van der Waals surface area contributed by atoms with Crippen LogP contribution < -0.4 is 21.7 Å². The van der Waals surface area contributed by atoms with Gasteiger partial charge in [-0.1, -0.05) is 30.3 Å². The van der Waals surface area contributed by atoms with E-state index in [-0.39, 0.29) is 61.7 Å².